The summed E-state index contributed by atoms with van der Waals surface area (Å²) >= 11 is 0. The molecule has 0 saturated heterocycles. The van der Waals surface area contributed by atoms with Crippen molar-refractivity contribution in [3.8, 4) is 28.3 Å². The Bertz CT molecular complexity index is 1120. The van der Waals surface area contributed by atoms with Crippen LogP contribution in [0.1, 0.15) is 11.3 Å². The summed E-state index contributed by atoms with van der Waals surface area (Å²) in [6.07, 6.45) is 1.79. The number of aryl methyl sites for hydroxylation is 1. The van der Waals surface area contributed by atoms with E-state index in [2.05, 4.69) is 34.2 Å². The molecule has 2 aromatic carbocycles. The summed E-state index contributed by atoms with van der Waals surface area (Å²) in [7, 11) is 0. The minimum Gasteiger partial charge on any atom is -0.237 e. The van der Waals surface area contributed by atoms with Gasteiger partial charge in [-0.2, -0.15) is 5.26 Å². The van der Waals surface area contributed by atoms with Crippen molar-refractivity contribution >= 4 is 11.0 Å². The highest BCUT2D eigenvalue weighted by molar-refractivity contribution is 5.98. The summed E-state index contributed by atoms with van der Waals surface area (Å²) < 4.78 is 0. The first-order chi connectivity index (χ1) is 12.3. The van der Waals surface area contributed by atoms with Gasteiger partial charge in [0, 0.05) is 22.8 Å². The molecular weight excluding hydrogens is 306 g/mol. The Morgan fingerprint density at radius 1 is 0.760 bits per heavy atom. The van der Waals surface area contributed by atoms with Crippen LogP contribution in [-0.2, 0) is 0 Å². The Labute approximate surface area is 146 Å². The van der Waals surface area contributed by atoms with Crippen LogP contribution in [0.4, 0.5) is 0 Å². The smallest absolute Gasteiger partial charge is 0.159 e. The van der Waals surface area contributed by atoms with E-state index in [-0.39, 0.29) is 0 Å². The van der Waals surface area contributed by atoms with Gasteiger partial charge in [-0.05, 0) is 47.9 Å². The molecule has 0 amide bonds. The molecule has 0 saturated carbocycles. The van der Waals surface area contributed by atoms with E-state index >= 15 is 0 Å². The van der Waals surface area contributed by atoms with Gasteiger partial charge in [-0.25, -0.2) is 9.97 Å². The summed E-state index contributed by atoms with van der Waals surface area (Å²) in [6.45, 7) is 1.96. The lowest BCUT2D eigenvalue weighted by atomic mass is 9.91. The van der Waals surface area contributed by atoms with Crippen LogP contribution in [0.2, 0.25) is 0 Å². The molecule has 0 radical (unpaired) electrons. The largest absolute Gasteiger partial charge is 0.237 e. The number of nitrogens with zero attached hydrogens (tertiary/aromatic N) is 3. The number of pyridine rings is 2. The first-order valence-electron chi connectivity index (χ1n) is 8.09. The molecule has 0 unspecified atom stereocenters. The molecule has 4 rings (SSSR count). The summed E-state index contributed by atoms with van der Waals surface area (Å²) in [6, 6.07) is 24.2. The van der Waals surface area contributed by atoms with Crippen LogP contribution in [0.5, 0.6) is 0 Å². The standard InChI is InChI=1S/C22H15N3/c1-15-10-11-21-20(12-13-24-22(21)25-15)19-9-5-4-8-18(19)17-7-3-2-6-16(17)14-23/h2-13H,1H3. The first kappa shape index (κ1) is 15.0. The van der Waals surface area contributed by atoms with Gasteiger partial charge in [0.2, 0.25) is 0 Å². The Hall–Kier alpha value is -3.51. The van der Waals surface area contributed by atoms with Gasteiger partial charge < -0.3 is 0 Å². The van der Waals surface area contributed by atoms with Gasteiger partial charge >= 0.3 is 0 Å². The average molecular weight is 321 g/mol. The van der Waals surface area contributed by atoms with Gasteiger partial charge in [0.05, 0.1) is 11.6 Å². The van der Waals surface area contributed by atoms with Crippen LogP contribution in [0.15, 0.2) is 72.9 Å². The van der Waals surface area contributed by atoms with E-state index in [9.17, 15) is 5.26 Å². The lowest BCUT2D eigenvalue weighted by molar-refractivity contribution is 1.20. The van der Waals surface area contributed by atoms with Gasteiger partial charge in [0.1, 0.15) is 0 Å². The van der Waals surface area contributed by atoms with E-state index in [0.717, 1.165) is 39.0 Å². The van der Waals surface area contributed by atoms with Gasteiger partial charge in [-0.15, -0.1) is 0 Å². The van der Waals surface area contributed by atoms with Crippen LogP contribution >= 0.6 is 0 Å². The van der Waals surface area contributed by atoms with Crippen molar-refractivity contribution < 1.29 is 0 Å². The van der Waals surface area contributed by atoms with Crippen molar-refractivity contribution in [1.82, 2.24) is 9.97 Å². The minimum absolute atomic E-state index is 0.669. The third-order valence-electron chi connectivity index (χ3n) is 4.30. The maximum absolute atomic E-state index is 9.47. The summed E-state index contributed by atoms with van der Waals surface area (Å²) in [5.41, 5.74) is 6.46. The molecule has 0 fully saturated rings. The van der Waals surface area contributed by atoms with Crippen molar-refractivity contribution in [2.75, 3.05) is 0 Å². The van der Waals surface area contributed by atoms with Crippen LogP contribution in [0.3, 0.4) is 0 Å². The molecule has 0 aliphatic rings. The van der Waals surface area contributed by atoms with Gasteiger partial charge in [0.15, 0.2) is 5.65 Å². The molecule has 0 atom stereocenters. The molecule has 0 N–H and O–H groups in total. The lowest BCUT2D eigenvalue weighted by Crippen LogP contribution is -1.92. The second-order valence-corrected chi connectivity index (χ2v) is 5.89. The number of nitriles is 1. The lowest BCUT2D eigenvalue weighted by Gasteiger charge is -2.13. The highest BCUT2D eigenvalue weighted by atomic mass is 14.8. The van der Waals surface area contributed by atoms with Crippen molar-refractivity contribution in [3.63, 3.8) is 0 Å². The highest BCUT2D eigenvalue weighted by Gasteiger charge is 2.13. The Morgan fingerprint density at radius 3 is 2.20 bits per heavy atom. The Morgan fingerprint density at radius 2 is 1.44 bits per heavy atom. The fourth-order valence-corrected chi connectivity index (χ4v) is 3.13. The zero-order chi connectivity index (χ0) is 17.2. The zero-order valence-electron chi connectivity index (χ0n) is 13.8. The van der Waals surface area contributed by atoms with Crippen molar-refractivity contribution in [2.24, 2.45) is 0 Å². The SMILES string of the molecule is Cc1ccc2c(-c3ccccc3-c3ccccc3C#N)ccnc2n1. The molecule has 118 valence electrons. The predicted molar refractivity (Wildman–Crippen MR) is 99.9 cm³/mol. The van der Waals surface area contributed by atoms with E-state index in [1.807, 2.05) is 55.5 Å². The second-order valence-electron chi connectivity index (χ2n) is 5.89. The fourth-order valence-electron chi connectivity index (χ4n) is 3.13. The second kappa shape index (κ2) is 6.18. The van der Waals surface area contributed by atoms with E-state index < -0.39 is 0 Å². The molecule has 3 nitrogen and oxygen atoms in total. The van der Waals surface area contributed by atoms with Crippen LogP contribution in [-0.4, -0.2) is 9.97 Å². The van der Waals surface area contributed by atoms with Gasteiger partial charge in [0.25, 0.3) is 0 Å². The molecule has 0 aliphatic carbocycles. The fraction of sp³-hybridized carbons (Fsp3) is 0.0455. The number of fused-ring (bicyclic) bond motifs is 1. The molecule has 25 heavy (non-hydrogen) atoms. The van der Waals surface area contributed by atoms with Gasteiger partial charge in [-0.3, -0.25) is 0 Å². The summed E-state index contributed by atoms with van der Waals surface area (Å²) in [5.74, 6) is 0. The van der Waals surface area contributed by atoms with Crippen molar-refractivity contribution in [3.05, 3.63) is 84.2 Å². The average Bonchev–Trinajstić information content (AvgIpc) is 2.67. The van der Waals surface area contributed by atoms with Crippen LogP contribution < -0.4 is 0 Å². The molecule has 2 heterocycles. The number of rotatable bonds is 2. The summed E-state index contributed by atoms with van der Waals surface area (Å²) in [5, 5.41) is 10.5. The van der Waals surface area contributed by atoms with Crippen LogP contribution in [0.25, 0.3) is 33.3 Å². The maximum atomic E-state index is 9.47. The molecule has 0 aliphatic heterocycles. The molecule has 3 heteroatoms. The van der Waals surface area contributed by atoms with E-state index in [1.54, 1.807) is 6.20 Å². The number of benzene rings is 2. The minimum atomic E-state index is 0.669. The Kier molecular flexibility index (Phi) is 3.72. The number of hydrogen-bond acceptors (Lipinski definition) is 3. The van der Waals surface area contributed by atoms with Crippen LogP contribution in [0, 0.1) is 18.3 Å². The first-order valence-corrected chi connectivity index (χ1v) is 8.09. The Balaban J connectivity index is 2.02. The number of aromatic nitrogens is 2. The molecule has 2 aromatic heterocycles. The molecule has 4 aromatic rings. The van der Waals surface area contributed by atoms with Gasteiger partial charge in [-0.1, -0.05) is 42.5 Å². The highest BCUT2D eigenvalue weighted by Crippen LogP contribution is 2.36. The number of hydrogen-bond donors (Lipinski definition) is 0. The third-order valence-corrected chi connectivity index (χ3v) is 4.30. The van der Waals surface area contributed by atoms with Crippen molar-refractivity contribution in [1.29, 1.82) is 5.26 Å². The predicted octanol–water partition coefficient (Wildman–Crippen LogP) is 5.14. The monoisotopic (exact) mass is 321 g/mol. The zero-order valence-corrected chi connectivity index (χ0v) is 13.8. The van der Waals surface area contributed by atoms with E-state index in [0.29, 0.717) is 5.56 Å². The molecule has 0 bridgehead atoms. The topological polar surface area (TPSA) is 49.6 Å². The molecular formula is C22H15N3. The normalized spacial score (nSPS) is 10.6. The van der Waals surface area contributed by atoms with E-state index in [4.69, 9.17) is 0 Å². The third kappa shape index (κ3) is 2.64. The maximum Gasteiger partial charge on any atom is 0.159 e. The quantitative estimate of drug-likeness (QED) is 0.513. The van der Waals surface area contributed by atoms with Crippen molar-refractivity contribution in [2.45, 2.75) is 6.92 Å². The molecule has 0 spiro atoms. The van der Waals surface area contributed by atoms with E-state index in [1.165, 1.54) is 0 Å². The summed E-state index contributed by atoms with van der Waals surface area (Å²) in [4.78, 5) is 8.94.